The lowest BCUT2D eigenvalue weighted by molar-refractivity contribution is 0.0599. The third-order valence-electron chi connectivity index (χ3n) is 1.65. The number of esters is 1. The van der Waals surface area contributed by atoms with E-state index in [1.807, 2.05) is 6.92 Å². The van der Waals surface area contributed by atoms with Gasteiger partial charge in [0.05, 0.1) is 12.7 Å². The van der Waals surface area contributed by atoms with Crippen LogP contribution in [-0.2, 0) is 9.57 Å². The largest absolute Gasteiger partial charge is 0.465 e. The van der Waals surface area contributed by atoms with Crippen LogP contribution in [0.1, 0.15) is 28.3 Å². The van der Waals surface area contributed by atoms with E-state index < -0.39 is 0 Å². The molecule has 72 valence electrons. The van der Waals surface area contributed by atoms with Gasteiger partial charge in [-0.25, -0.2) is 10.7 Å². The van der Waals surface area contributed by atoms with Crippen LogP contribution < -0.4 is 5.90 Å². The van der Waals surface area contributed by atoms with Gasteiger partial charge in [0.25, 0.3) is 0 Å². The Balaban J connectivity index is 2.80. The molecule has 0 aliphatic heterocycles. The molecule has 5 heteroatoms. The highest BCUT2D eigenvalue weighted by molar-refractivity contribution is 7.10. The van der Waals surface area contributed by atoms with E-state index in [9.17, 15) is 4.79 Å². The fraction of sp³-hybridized carbons (Fsp3) is 0.375. The second-order valence-electron chi connectivity index (χ2n) is 2.51. The SMILES string of the molecule is COC(=O)c1csc(C(C)ON)c1. The number of ether oxygens (including phenoxy) is 1. The molecule has 0 aromatic carbocycles. The third-order valence-corrected chi connectivity index (χ3v) is 2.74. The van der Waals surface area contributed by atoms with Crippen molar-refractivity contribution < 1.29 is 14.4 Å². The van der Waals surface area contributed by atoms with E-state index in [0.29, 0.717) is 5.56 Å². The lowest BCUT2D eigenvalue weighted by Gasteiger charge is -2.03. The lowest BCUT2D eigenvalue weighted by atomic mass is 10.2. The van der Waals surface area contributed by atoms with E-state index >= 15 is 0 Å². The van der Waals surface area contributed by atoms with Crippen LogP contribution in [0.15, 0.2) is 11.4 Å². The van der Waals surface area contributed by atoms with Crippen LogP contribution in [0.4, 0.5) is 0 Å². The smallest absolute Gasteiger partial charge is 0.338 e. The van der Waals surface area contributed by atoms with Gasteiger partial charge in [-0.15, -0.1) is 11.3 Å². The molecule has 0 spiro atoms. The lowest BCUT2D eigenvalue weighted by Crippen LogP contribution is -2.04. The number of carbonyl (C=O) groups is 1. The average molecular weight is 201 g/mol. The standard InChI is InChI=1S/C8H11NO3S/c1-5(12-9)7-3-6(4-13-7)8(10)11-2/h3-5H,9H2,1-2H3. The van der Waals surface area contributed by atoms with Crippen molar-refractivity contribution in [3.05, 3.63) is 21.9 Å². The van der Waals surface area contributed by atoms with Crippen molar-refractivity contribution in [2.75, 3.05) is 7.11 Å². The monoisotopic (exact) mass is 201 g/mol. The summed E-state index contributed by atoms with van der Waals surface area (Å²) in [5.41, 5.74) is 0.534. The summed E-state index contributed by atoms with van der Waals surface area (Å²) in [4.78, 5) is 16.6. The fourth-order valence-corrected chi connectivity index (χ4v) is 1.73. The third kappa shape index (κ3) is 2.27. The van der Waals surface area contributed by atoms with Crippen LogP contribution >= 0.6 is 11.3 Å². The second kappa shape index (κ2) is 4.36. The van der Waals surface area contributed by atoms with Crippen LogP contribution in [-0.4, -0.2) is 13.1 Å². The number of rotatable bonds is 3. The van der Waals surface area contributed by atoms with Gasteiger partial charge in [-0.2, -0.15) is 0 Å². The number of carbonyl (C=O) groups excluding carboxylic acids is 1. The molecule has 2 N–H and O–H groups in total. The summed E-state index contributed by atoms with van der Waals surface area (Å²) in [6, 6.07) is 1.72. The number of hydrogen-bond donors (Lipinski definition) is 1. The number of methoxy groups -OCH3 is 1. The minimum absolute atomic E-state index is 0.191. The molecule has 1 aromatic heterocycles. The van der Waals surface area contributed by atoms with Crippen molar-refractivity contribution in [3.8, 4) is 0 Å². The molecule has 0 radical (unpaired) electrons. The Kier molecular flexibility index (Phi) is 3.41. The maximum atomic E-state index is 11.1. The van der Waals surface area contributed by atoms with Gasteiger partial charge in [-0.3, -0.25) is 4.84 Å². The zero-order chi connectivity index (χ0) is 9.84. The predicted molar refractivity (Wildman–Crippen MR) is 49.3 cm³/mol. The summed E-state index contributed by atoms with van der Waals surface area (Å²) in [6.45, 7) is 1.81. The summed E-state index contributed by atoms with van der Waals surface area (Å²) in [6.07, 6.45) is -0.191. The first-order valence-electron chi connectivity index (χ1n) is 3.71. The van der Waals surface area contributed by atoms with Crippen molar-refractivity contribution in [1.82, 2.24) is 0 Å². The minimum Gasteiger partial charge on any atom is -0.465 e. The van der Waals surface area contributed by atoms with Crippen molar-refractivity contribution in [2.24, 2.45) is 5.90 Å². The highest BCUT2D eigenvalue weighted by atomic mass is 32.1. The number of thiophene rings is 1. The molecular weight excluding hydrogens is 190 g/mol. The zero-order valence-corrected chi connectivity index (χ0v) is 8.26. The molecule has 13 heavy (non-hydrogen) atoms. The molecule has 0 saturated heterocycles. The van der Waals surface area contributed by atoms with E-state index in [0.717, 1.165) is 4.88 Å². The number of nitrogens with two attached hydrogens (primary N) is 1. The predicted octanol–water partition coefficient (Wildman–Crippen LogP) is 1.49. The second-order valence-corrected chi connectivity index (χ2v) is 3.45. The van der Waals surface area contributed by atoms with Crippen molar-refractivity contribution in [2.45, 2.75) is 13.0 Å². The number of hydrogen-bond acceptors (Lipinski definition) is 5. The van der Waals surface area contributed by atoms with E-state index in [2.05, 4.69) is 9.57 Å². The first kappa shape index (κ1) is 10.2. The average Bonchev–Trinajstić information content (AvgIpc) is 2.64. The Hall–Kier alpha value is -0.910. The fourth-order valence-electron chi connectivity index (χ4n) is 0.858. The Morgan fingerprint density at radius 1 is 1.69 bits per heavy atom. The first-order chi connectivity index (χ1) is 6.19. The maximum absolute atomic E-state index is 11.1. The zero-order valence-electron chi connectivity index (χ0n) is 7.44. The highest BCUT2D eigenvalue weighted by Gasteiger charge is 2.12. The summed E-state index contributed by atoms with van der Waals surface area (Å²) >= 11 is 1.42. The molecule has 1 rings (SSSR count). The molecule has 0 saturated carbocycles. The summed E-state index contributed by atoms with van der Waals surface area (Å²) in [7, 11) is 1.35. The van der Waals surface area contributed by atoms with Crippen LogP contribution in [0.5, 0.6) is 0 Å². The molecule has 1 atom stereocenters. The quantitative estimate of drug-likeness (QED) is 0.594. The first-order valence-corrected chi connectivity index (χ1v) is 4.59. The van der Waals surface area contributed by atoms with Crippen LogP contribution in [0.25, 0.3) is 0 Å². The van der Waals surface area contributed by atoms with Gasteiger partial charge < -0.3 is 4.74 Å². The molecule has 0 aliphatic rings. The minimum atomic E-state index is -0.341. The Labute approximate surface area is 80.2 Å². The Bertz CT molecular complexity index is 297. The molecule has 1 unspecified atom stereocenters. The van der Waals surface area contributed by atoms with Crippen LogP contribution in [0.3, 0.4) is 0 Å². The van der Waals surface area contributed by atoms with E-state index in [1.54, 1.807) is 11.4 Å². The molecule has 0 aliphatic carbocycles. The van der Waals surface area contributed by atoms with Gasteiger partial charge in [0, 0.05) is 10.3 Å². The molecule has 0 fully saturated rings. The molecule has 1 aromatic rings. The topological polar surface area (TPSA) is 61.5 Å². The van der Waals surface area contributed by atoms with Crippen molar-refractivity contribution in [3.63, 3.8) is 0 Å². The van der Waals surface area contributed by atoms with Gasteiger partial charge in [0.1, 0.15) is 6.10 Å². The molecule has 1 heterocycles. The van der Waals surface area contributed by atoms with Gasteiger partial charge in [0.2, 0.25) is 0 Å². The van der Waals surface area contributed by atoms with E-state index in [4.69, 9.17) is 5.90 Å². The maximum Gasteiger partial charge on any atom is 0.338 e. The Morgan fingerprint density at radius 2 is 2.38 bits per heavy atom. The highest BCUT2D eigenvalue weighted by Crippen LogP contribution is 2.23. The van der Waals surface area contributed by atoms with E-state index in [1.165, 1.54) is 18.4 Å². The van der Waals surface area contributed by atoms with Crippen LogP contribution in [0, 0.1) is 0 Å². The molecule has 0 amide bonds. The van der Waals surface area contributed by atoms with E-state index in [-0.39, 0.29) is 12.1 Å². The molecule has 4 nitrogen and oxygen atoms in total. The summed E-state index contributed by atoms with van der Waals surface area (Å²) in [5.74, 6) is 4.67. The van der Waals surface area contributed by atoms with Crippen LogP contribution in [0.2, 0.25) is 0 Å². The normalized spacial score (nSPS) is 12.5. The summed E-state index contributed by atoms with van der Waals surface area (Å²) in [5, 5.41) is 1.72. The molecular formula is C8H11NO3S. The van der Waals surface area contributed by atoms with Gasteiger partial charge in [0.15, 0.2) is 0 Å². The van der Waals surface area contributed by atoms with Gasteiger partial charge in [-0.05, 0) is 13.0 Å². The van der Waals surface area contributed by atoms with Gasteiger partial charge >= 0.3 is 5.97 Å². The van der Waals surface area contributed by atoms with Crippen molar-refractivity contribution >= 4 is 17.3 Å². The van der Waals surface area contributed by atoms with Crippen molar-refractivity contribution in [1.29, 1.82) is 0 Å². The molecule has 0 bridgehead atoms. The summed E-state index contributed by atoms with van der Waals surface area (Å²) < 4.78 is 4.56. The van der Waals surface area contributed by atoms with Gasteiger partial charge in [-0.1, -0.05) is 0 Å². The Morgan fingerprint density at radius 3 is 2.92 bits per heavy atom.